The van der Waals surface area contributed by atoms with Crippen molar-refractivity contribution in [2.75, 3.05) is 26.4 Å². The first-order valence-corrected chi connectivity index (χ1v) is 13.6. The monoisotopic (exact) mass is 428 g/mol. The number of rotatable bonds is 26. The summed E-state index contributed by atoms with van der Waals surface area (Å²) in [6, 6.07) is 0. The standard InChI is InChI=1S/C27H56O3/c1-3-5-23-29-25-19-15-11-7-9-13-17-21-27(28)22-18-14-10-8-12-16-20-26-30-24-6-4-2/h27-28H,3-26H2,1-2H3. The van der Waals surface area contributed by atoms with Crippen LogP contribution in [0.1, 0.15) is 142 Å². The Kier molecular flexibility index (Phi) is 26.8. The van der Waals surface area contributed by atoms with Crippen LogP contribution in [0.4, 0.5) is 0 Å². The predicted octanol–water partition coefficient (Wildman–Crippen LogP) is 8.22. The van der Waals surface area contributed by atoms with Crippen LogP contribution >= 0.6 is 0 Å². The maximum Gasteiger partial charge on any atom is 0.0540 e. The van der Waals surface area contributed by atoms with Crippen molar-refractivity contribution in [3.63, 3.8) is 0 Å². The van der Waals surface area contributed by atoms with Gasteiger partial charge in [-0.25, -0.2) is 0 Å². The van der Waals surface area contributed by atoms with Crippen LogP contribution in [0, 0.1) is 0 Å². The van der Waals surface area contributed by atoms with E-state index in [1.807, 2.05) is 0 Å². The third kappa shape index (κ3) is 25.9. The number of aliphatic hydroxyl groups excluding tert-OH is 1. The molecule has 0 aromatic carbocycles. The molecule has 0 saturated carbocycles. The Morgan fingerprint density at radius 3 is 1.10 bits per heavy atom. The first-order chi connectivity index (χ1) is 14.8. The third-order valence-corrected chi connectivity index (χ3v) is 5.94. The van der Waals surface area contributed by atoms with Crippen LogP contribution in [0.15, 0.2) is 0 Å². The molecule has 0 aromatic heterocycles. The molecule has 1 N–H and O–H groups in total. The molecule has 3 nitrogen and oxygen atoms in total. The minimum Gasteiger partial charge on any atom is -0.393 e. The molecule has 0 bridgehead atoms. The molecule has 30 heavy (non-hydrogen) atoms. The predicted molar refractivity (Wildman–Crippen MR) is 131 cm³/mol. The summed E-state index contributed by atoms with van der Waals surface area (Å²) in [4.78, 5) is 0. The second kappa shape index (κ2) is 26.9. The summed E-state index contributed by atoms with van der Waals surface area (Å²) < 4.78 is 11.2. The van der Waals surface area contributed by atoms with Gasteiger partial charge in [-0.2, -0.15) is 0 Å². The normalized spacial score (nSPS) is 11.6. The van der Waals surface area contributed by atoms with E-state index in [0.29, 0.717) is 0 Å². The molecule has 0 aromatic rings. The Balaban J connectivity index is 3.13. The van der Waals surface area contributed by atoms with Crippen molar-refractivity contribution < 1.29 is 14.6 Å². The highest BCUT2D eigenvalue weighted by molar-refractivity contribution is 4.58. The Labute approximate surface area is 189 Å². The van der Waals surface area contributed by atoms with Crippen molar-refractivity contribution in [3.8, 4) is 0 Å². The lowest BCUT2D eigenvalue weighted by molar-refractivity contribution is 0.127. The SMILES string of the molecule is CCCCOCCCCCCCCCC(O)CCCCCCCCCOCCCC. The van der Waals surface area contributed by atoms with Gasteiger partial charge in [-0.1, -0.05) is 104 Å². The average molecular weight is 429 g/mol. The number of aliphatic hydroxyl groups is 1. The summed E-state index contributed by atoms with van der Waals surface area (Å²) in [5, 5.41) is 10.1. The maximum atomic E-state index is 10.1. The van der Waals surface area contributed by atoms with Gasteiger partial charge in [0.15, 0.2) is 0 Å². The molecule has 0 aliphatic carbocycles. The lowest BCUT2D eigenvalue weighted by Crippen LogP contribution is -2.05. The summed E-state index contributed by atoms with van der Waals surface area (Å²) in [6.07, 6.45) is 24.8. The van der Waals surface area contributed by atoms with Crippen molar-refractivity contribution in [2.24, 2.45) is 0 Å². The number of hydrogen-bond donors (Lipinski definition) is 1. The maximum absolute atomic E-state index is 10.1. The number of unbranched alkanes of at least 4 members (excludes halogenated alkanes) is 14. The molecule has 0 atom stereocenters. The third-order valence-electron chi connectivity index (χ3n) is 5.94. The van der Waals surface area contributed by atoms with Crippen LogP contribution in [-0.4, -0.2) is 37.6 Å². The molecular weight excluding hydrogens is 372 g/mol. The summed E-state index contributed by atoms with van der Waals surface area (Å²) in [5.74, 6) is 0. The lowest BCUT2D eigenvalue weighted by atomic mass is 10.0. The molecule has 0 aliphatic heterocycles. The highest BCUT2D eigenvalue weighted by Crippen LogP contribution is 2.14. The topological polar surface area (TPSA) is 38.7 Å². The summed E-state index contributed by atoms with van der Waals surface area (Å²) in [6.45, 7) is 8.18. The zero-order valence-corrected chi connectivity index (χ0v) is 20.8. The molecule has 0 radical (unpaired) electrons. The van der Waals surface area contributed by atoms with Crippen molar-refractivity contribution in [2.45, 2.75) is 148 Å². The first kappa shape index (κ1) is 29.9. The zero-order valence-electron chi connectivity index (χ0n) is 20.8. The zero-order chi connectivity index (χ0) is 22.0. The Morgan fingerprint density at radius 1 is 0.433 bits per heavy atom. The van der Waals surface area contributed by atoms with Gasteiger partial charge in [0.1, 0.15) is 0 Å². The fourth-order valence-electron chi connectivity index (χ4n) is 3.78. The second-order valence-electron chi connectivity index (χ2n) is 9.11. The van der Waals surface area contributed by atoms with E-state index in [9.17, 15) is 5.11 Å². The van der Waals surface area contributed by atoms with Crippen molar-refractivity contribution >= 4 is 0 Å². The molecule has 0 fully saturated rings. The van der Waals surface area contributed by atoms with Gasteiger partial charge in [0, 0.05) is 26.4 Å². The molecule has 0 aliphatic rings. The van der Waals surface area contributed by atoms with E-state index in [1.54, 1.807) is 0 Å². The van der Waals surface area contributed by atoms with Gasteiger partial charge in [0.05, 0.1) is 6.10 Å². The molecule has 0 amide bonds. The van der Waals surface area contributed by atoms with Gasteiger partial charge in [0.2, 0.25) is 0 Å². The minimum absolute atomic E-state index is 0.0643. The number of ether oxygens (including phenoxy) is 2. The summed E-state index contributed by atoms with van der Waals surface area (Å²) in [7, 11) is 0. The van der Waals surface area contributed by atoms with E-state index in [2.05, 4.69) is 13.8 Å². The Morgan fingerprint density at radius 2 is 0.733 bits per heavy atom. The molecule has 0 spiro atoms. The first-order valence-electron chi connectivity index (χ1n) is 13.6. The van der Waals surface area contributed by atoms with Gasteiger partial charge in [-0.05, 0) is 38.5 Å². The molecule has 182 valence electrons. The lowest BCUT2D eigenvalue weighted by Gasteiger charge is -2.10. The van der Waals surface area contributed by atoms with Crippen LogP contribution in [0.2, 0.25) is 0 Å². The van der Waals surface area contributed by atoms with Gasteiger partial charge in [0.25, 0.3) is 0 Å². The van der Waals surface area contributed by atoms with E-state index in [0.717, 1.165) is 39.3 Å². The summed E-state index contributed by atoms with van der Waals surface area (Å²) >= 11 is 0. The van der Waals surface area contributed by atoms with E-state index in [1.165, 1.54) is 116 Å². The van der Waals surface area contributed by atoms with Crippen molar-refractivity contribution in [1.29, 1.82) is 0 Å². The largest absolute Gasteiger partial charge is 0.393 e. The van der Waals surface area contributed by atoms with Crippen LogP contribution in [-0.2, 0) is 9.47 Å². The second-order valence-corrected chi connectivity index (χ2v) is 9.11. The average Bonchev–Trinajstić information content (AvgIpc) is 2.75. The van der Waals surface area contributed by atoms with Gasteiger partial charge in [-0.15, -0.1) is 0 Å². The minimum atomic E-state index is -0.0643. The van der Waals surface area contributed by atoms with E-state index in [4.69, 9.17) is 9.47 Å². The van der Waals surface area contributed by atoms with Crippen LogP contribution in [0.5, 0.6) is 0 Å². The molecular formula is C27H56O3. The fourth-order valence-corrected chi connectivity index (χ4v) is 3.78. The number of hydrogen-bond acceptors (Lipinski definition) is 3. The van der Waals surface area contributed by atoms with Gasteiger partial charge < -0.3 is 14.6 Å². The van der Waals surface area contributed by atoms with Crippen molar-refractivity contribution in [3.05, 3.63) is 0 Å². The van der Waals surface area contributed by atoms with Crippen molar-refractivity contribution in [1.82, 2.24) is 0 Å². The smallest absolute Gasteiger partial charge is 0.0540 e. The van der Waals surface area contributed by atoms with E-state index < -0.39 is 0 Å². The van der Waals surface area contributed by atoms with Crippen LogP contribution in [0.3, 0.4) is 0 Å². The van der Waals surface area contributed by atoms with E-state index >= 15 is 0 Å². The fraction of sp³-hybridized carbons (Fsp3) is 1.00. The van der Waals surface area contributed by atoms with Gasteiger partial charge >= 0.3 is 0 Å². The summed E-state index contributed by atoms with van der Waals surface area (Å²) in [5.41, 5.74) is 0. The molecule has 0 heterocycles. The molecule has 0 unspecified atom stereocenters. The van der Waals surface area contributed by atoms with Gasteiger partial charge in [-0.3, -0.25) is 0 Å². The van der Waals surface area contributed by atoms with Crippen LogP contribution in [0.25, 0.3) is 0 Å². The Hall–Kier alpha value is -0.120. The highest BCUT2D eigenvalue weighted by Gasteiger charge is 2.03. The van der Waals surface area contributed by atoms with Crippen LogP contribution < -0.4 is 0 Å². The Bertz CT molecular complexity index is 268. The molecule has 0 saturated heterocycles. The molecule has 3 heteroatoms. The molecule has 0 rings (SSSR count). The van der Waals surface area contributed by atoms with E-state index in [-0.39, 0.29) is 6.10 Å². The highest BCUT2D eigenvalue weighted by atomic mass is 16.5. The quantitative estimate of drug-likeness (QED) is 0.141.